The molecule has 2 aliphatic rings. The minimum atomic E-state index is -1.38. The van der Waals surface area contributed by atoms with Gasteiger partial charge in [-0.3, -0.25) is 0 Å². The van der Waals surface area contributed by atoms with Crippen molar-refractivity contribution in [2.24, 2.45) is 5.92 Å². The molecule has 1 aromatic rings. The van der Waals surface area contributed by atoms with Crippen LogP contribution >= 0.6 is 19.0 Å². The first-order valence-electron chi connectivity index (χ1n) is 6.24. The molecule has 0 saturated heterocycles. The summed E-state index contributed by atoms with van der Waals surface area (Å²) in [5.41, 5.74) is 2.16. The summed E-state index contributed by atoms with van der Waals surface area (Å²) in [4.78, 5) is 0. The molecule has 4 heteroatoms. The largest absolute Gasteiger partial charge is 0.423 e. The van der Waals surface area contributed by atoms with E-state index >= 15 is 0 Å². The number of allylic oxidation sites excluding steroid dienone is 4. The van der Waals surface area contributed by atoms with Crippen LogP contribution in [-0.2, 0) is 9.05 Å². The SMILES string of the molecule is CC1CC=CC=C1C1=C(c2ccccc2)OP(Cl)O1. The lowest BCUT2D eigenvalue weighted by atomic mass is 9.91. The Labute approximate surface area is 119 Å². The predicted molar refractivity (Wildman–Crippen MR) is 79.3 cm³/mol. The number of halogens is 1. The fourth-order valence-corrected chi connectivity index (χ4v) is 3.36. The van der Waals surface area contributed by atoms with Crippen LogP contribution < -0.4 is 0 Å². The molecule has 1 aliphatic heterocycles. The summed E-state index contributed by atoms with van der Waals surface area (Å²) in [6.45, 7) is 2.18. The first kappa shape index (κ1) is 12.8. The zero-order valence-electron chi connectivity index (χ0n) is 10.5. The van der Waals surface area contributed by atoms with Crippen LogP contribution in [0.4, 0.5) is 0 Å². The Bertz CT molecular complexity index is 563. The Kier molecular flexibility index (Phi) is 3.63. The topological polar surface area (TPSA) is 18.5 Å². The van der Waals surface area contributed by atoms with Gasteiger partial charge in [0.25, 0.3) is 0 Å². The zero-order chi connectivity index (χ0) is 13.2. The van der Waals surface area contributed by atoms with Gasteiger partial charge in [0.1, 0.15) is 0 Å². The highest BCUT2D eigenvalue weighted by atomic mass is 35.7. The van der Waals surface area contributed by atoms with E-state index in [4.69, 9.17) is 20.3 Å². The van der Waals surface area contributed by atoms with E-state index in [9.17, 15) is 0 Å². The van der Waals surface area contributed by atoms with Gasteiger partial charge in [0.05, 0.1) is 0 Å². The lowest BCUT2D eigenvalue weighted by Gasteiger charge is -2.17. The van der Waals surface area contributed by atoms with E-state index in [1.165, 1.54) is 0 Å². The molecule has 0 radical (unpaired) electrons. The van der Waals surface area contributed by atoms with Crippen LogP contribution in [0, 0.1) is 5.92 Å². The molecule has 0 amide bonds. The lowest BCUT2D eigenvalue weighted by Crippen LogP contribution is -2.05. The van der Waals surface area contributed by atoms with Crippen LogP contribution in [0.5, 0.6) is 0 Å². The van der Waals surface area contributed by atoms with Crippen LogP contribution in [0.2, 0.25) is 0 Å². The van der Waals surface area contributed by atoms with Crippen molar-refractivity contribution >= 4 is 24.7 Å². The van der Waals surface area contributed by atoms with Crippen molar-refractivity contribution in [2.45, 2.75) is 13.3 Å². The van der Waals surface area contributed by atoms with E-state index < -0.39 is 7.73 Å². The van der Waals surface area contributed by atoms with Crippen molar-refractivity contribution in [1.29, 1.82) is 0 Å². The van der Waals surface area contributed by atoms with Crippen LogP contribution in [-0.4, -0.2) is 0 Å². The van der Waals surface area contributed by atoms with Crippen molar-refractivity contribution in [3.63, 3.8) is 0 Å². The van der Waals surface area contributed by atoms with Crippen molar-refractivity contribution in [2.75, 3.05) is 0 Å². The van der Waals surface area contributed by atoms with Crippen molar-refractivity contribution in [1.82, 2.24) is 0 Å². The molecule has 0 fully saturated rings. The summed E-state index contributed by atoms with van der Waals surface area (Å²) in [6.07, 6.45) is 7.32. The van der Waals surface area contributed by atoms with E-state index in [0.717, 1.165) is 29.1 Å². The van der Waals surface area contributed by atoms with E-state index in [1.54, 1.807) is 0 Å². The molecule has 98 valence electrons. The summed E-state index contributed by atoms with van der Waals surface area (Å²) in [7, 11) is -1.38. The van der Waals surface area contributed by atoms with Crippen LogP contribution in [0.3, 0.4) is 0 Å². The molecule has 0 saturated carbocycles. The quantitative estimate of drug-likeness (QED) is 0.680. The number of hydrogen-bond acceptors (Lipinski definition) is 2. The number of rotatable bonds is 2. The predicted octanol–water partition coefficient (Wildman–Crippen LogP) is 5.39. The number of benzene rings is 1. The zero-order valence-corrected chi connectivity index (χ0v) is 12.2. The smallest absolute Gasteiger partial charge is 0.401 e. The van der Waals surface area contributed by atoms with Gasteiger partial charge in [0, 0.05) is 11.1 Å². The standard InChI is InChI=1S/C15H14ClO2P/c1-11-7-5-6-10-13(11)15-14(17-19(16)18-15)12-8-3-2-4-9-12/h2-6,8-11H,7H2,1H3. The molecule has 0 N–H and O–H groups in total. The molecule has 0 bridgehead atoms. The van der Waals surface area contributed by atoms with E-state index in [0.29, 0.717) is 5.92 Å². The highest BCUT2D eigenvalue weighted by Crippen LogP contribution is 2.58. The summed E-state index contributed by atoms with van der Waals surface area (Å²) in [5.74, 6) is 1.97. The summed E-state index contributed by atoms with van der Waals surface area (Å²) < 4.78 is 11.4. The maximum Gasteiger partial charge on any atom is 0.401 e. The molecule has 0 aromatic heterocycles. The Hall–Kier alpha value is -1.24. The van der Waals surface area contributed by atoms with Crippen LogP contribution in [0.15, 0.2) is 59.9 Å². The fourth-order valence-electron chi connectivity index (χ4n) is 2.25. The van der Waals surface area contributed by atoms with Crippen LogP contribution in [0.1, 0.15) is 18.9 Å². The Morgan fingerprint density at radius 3 is 2.63 bits per heavy atom. The highest BCUT2D eigenvalue weighted by Gasteiger charge is 2.32. The Morgan fingerprint density at radius 2 is 1.89 bits per heavy atom. The third-order valence-electron chi connectivity index (χ3n) is 3.26. The average Bonchev–Trinajstić information content (AvgIpc) is 2.82. The van der Waals surface area contributed by atoms with Crippen molar-refractivity contribution in [3.05, 3.63) is 65.5 Å². The number of hydrogen-bond donors (Lipinski definition) is 0. The van der Waals surface area contributed by atoms with Crippen molar-refractivity contribution < 1.29 is 9.05 Å². The van der Waals surface area contributed by atoms with E-state index in [1.807, 2.05) is 30.3 Å². The second kappa shape index (κ2) is 5.40. The summed E-state index contributed by atoms with van der Waals surface area (Å²) in [5, 5.41) is 0. The minimum Gasteiger partial charge on any atom is -0.423 e. The van der Waals surface area contributed by atoms with Gasteiger partial charge < -0.3 is 9.05 Å². The Balaban J connectivity index is 2.05. The van der Waals surface area contributed by atoms with Gasteiger partial charge in [0.2, 0.25) is 0 Å². The van der Waals surface area contributed by atoms with Gasteiger partial charge >= 0.3 is 7.73 Å². The lowest BCUT2D eigenvalue weighted by molar-refractivity contribution is 0.463. The normalized spacial score (nSPS) is 25.9. The summed E-state index contributed by atoms with van der Waals surface area (Å²) >= 11 is 6.05. The molecule has 19 heavy (non-hydrogen) atoms. The van der Waals surface area contributed by atoms with E-state index in [-0.39, 0.29) is 0 Å². The molecule has 1 heterocycles. The fraction of sp³-hybridized carbons (Fsp3) is 0.200. The molecular weight excluding hydrogens is 279 g/mol. The molecule has 0 spiro atoms. The van der Waals surface area contributed by atoms with Gasteiger partial charge in [-0.1, -0.05) is 55.5 Å². The maximum absolute atomic E-state index is 6.05. The molecule has 1 aromatic carbocycles. The monoisotopic (exact) mass is 292 g/mol. The third kappa shape index (κ3) is 2.56. The molecule has 2 nitrogen and oxygen atoms in total. The maximum atomic E-state index is 6.05. The molecular formula is C15H14ClO2P. The van der Waals surface area contributed by atoms with Crippen molar-refractivity contribution in [3.8, 4) is 0 Å². The van der Waals surface area contributed by atoms with E-state index in [2.05, 4.69) is 25.2 Å². The second-order valence-corrected chi connectivity index (χ2v) is 6.22. The van der Waals surface area contributed by atoms with Gasteiger partial charge in [-0.25, -0.2) is 0 Å². The van der Waals surface area contributed by atoms with Gasteiger partial charge in [-0.2, -0.15) is 0 Å². The Morgan fingerprint density at radius 1 is 1.16 bits per heavy atom. The van der Waals surface area contributed by atoms with Gasteiger partial charge in [-0.05, 0) is 23.6 Å². The van der Waals surface area contributed by atoms with Gasteiger partial charge in [-0.15, -0.1) is 0 Å². The summed E-state index contributed by atoms with van der Waals surface area (Å²) in [6, 6.07) is 9.96. The van der Waals surface area contributed by atoms with Crippen LogP contribution in [0.25, 0.3) is 5.76 Å². The average molecular weight is 293 g/mol. The molecule has 2 atom stereocenters. The first-order chi connectivity index (χ1) is 9.25. The third-order valence-corrected chi connectivity index (χ3v) is 4.33. The molecule has 2 unspecified atom stereocenters. The first-order valence-corrected chi connectivity index (χ1v) is 8.32. The minimum absolute atomic E-state index is 0.417. The molecule has 3 rings (SSSR count). The van der Waals surface area contributed by atoms with Gasteiger partial charge in [0.15, 0.2) is 11.5 Å². The second-order valence-electron chi connectivity index (χ2n) is 4.61. The molecule has 1 aliphatic carbocycles. The highest BCUT2D eigenvalue weighted by molar-refractivity contribution is 7.76.